The smallest absolute Gasteiger partial charge is 0.223 e. The van der Waals surface area contributed by atoms with Crippen molar-refractivity contribution in [3.8, 4) is 5.75 Å². The first kappa shape index (κ1) is 31.0. The minimum atomic E-state index is -1.01. The van der Waals surface area contributed by atoms with Gasteiger partial charge in [-0.3, -0.25) is 0 Å². The van der Waals surface area contributed by atoms with Crippen LogP contribution in [-0.4, -0.2) is 79.0 Å². The lowest BCUT2D eigenvalue weighted by Crippen LogP contribution is -2.45. The Morgan fingerprint density at radius 1 is 1.24 bits per heavy atom. The van der Waals surface area contributed by atoms with Crippen molar-refractivity contribution in [3.05, 3.63) is 59.7 Å². The number of nitrogens with one attached hydrogen (secondary N) is 1. The first-order valence-corrected chi connectivity index (χ1v) is 12.6. The maximum Gasteiger partial charge on any atom is 0.223 e. The van der Waals surface area contributed by atoms with Crippen molar-refractivity contribution in [2.24, 2.45) is 0 Å². The summed E-state index contributed by atoms with van der Waals surface area (Å²) in [6.45, 7) is 7.05. The minimum absolute atomic E-state index is 0.0212. The molecule has 9 nitrogen and oxygen atoms in total. The first-order chi connectivity index (χ1) is 18.2. The number of alkyl halides is 1. The van der Waals surface area contributed by atoms with E-state index in [2.05, 4.69) is 20.2 Å². The predicted molar refractivity (Wildman–Crippen MR) is 142 cm³/mol. The van der Waals surface area contributed by atoms with Crippen LogP contribution in [0.3, 0.4) is 0 Å². The molecule has 0 aliphatic carbocycles. The van der Waals surface area contributed by atoms with Gasteiger partial charge in [0.25, 0.3) is 0 Å². The van der Waals surface area contributed by atoms with Crippen molar-refractivity contribution in [1.29, 1.82) is 0 Å². The van der Waals surface area contributed by atoms with Gasteiger partial charge in [0.1, 0.15) is 18.3 Å². The van der Waals surface area contributed by atoms with Crippen LogP contribution in [0.2, 0.25) is 0 Å². The number of likely N-dealkylation sites (tertiary alicyclic amines) is 1. The van der Waals surface area contributed by atoms with E-state index in [-0.39, 0.29) is 30.6 Å². The van der Waals surface area contributed by atoms with Crippen molar-refractivity contribution < 1.29 is 32.8 Å². The van der Waals surface area contributed by atoms with Gasteiger partial charge in [0.15, 0.2) is 17.3 Å². The fourth-order valence-electron chi connectivity index (χ4n) is 3.73. The molecule has 2 heterocycles. The van der Waals surface area contributed by atoms with Gasteiger partial charge in [-0.2, -0.15) is 0 Å². The number of aliphatic hydroxyl groups is 1. The summed E-state index contributed by atoms with van der Waals surface area (Å²) in [5.41, 5.74) is 1.12. The number of halogens is 2. The SMILES string of the molecule is CCOC1(O)CCN(/C(C)=C/C=C\C(C)Nc2ncc(OCC/C(F)=C(\C=C(/CF)OC)OC)cn2)CC1. The number of anilines is 1. The summed E-state index contributed by atoms with van der Waals surface area (Å²) in [5.74, 6) is -0.938. The molecule has 0 saturated carbocycles. The van der Waals surface area contributed by atoms with E-state index in [0.717, 1.165) is 18.8 Å². The molecule has 2 N–H and O–H groups in total. The van der Waals surface area contributed by atoms with E-state index in [1.165, 1.54) is 32.7 Å². The van der Waals surface area contributed by atoms with Gasteiger partial charge >= 0.3 is 0 Å². The number of aromatic nitrogens is 2. The zero-order chi connectivity index (χ0) is 28.0. The zero-order valence-corrected chi connectivity index (χ0v) is 22.9. The van der Waals surface area contributed by atoms with E-state index in [0.29, 0.717) is 31.1 Å². The van der Waals surface area contributed by atoms with Crippen LogP contribution >= 0.6 is 0 Å². The number of hydrogen-bond acceptors (Lipinski definition) is 9. The van der Waals surface area contributed by atoms with Crippen LogP contribution in [0.5, 0.6) is 5.75 Å². The molecule has 1 aliphatic rings. The molecule has 2 rings (SSSR count). The van der Waals surface area contributed by atoms with Crippen molar-refractivity contribution in [2.45, 2.75) is 51.9 Å². The largest absolute Gasteiger partial charge is 0.498 e. The molecule has 212 valence electrons. The summed E-state index contributed by atoms with van der Waals surface area (Å²) >= 11 is 0. The quantitative estimate of drug-likeness (QED) is 0.188. The molecule has 1 aromatic heterocycles. The minimum Gasteiger partial charge on any atom is -0.498 e. The summed E-state index contributed by atoms with van der Waals surface area (Å²) in [5, 5.41) is 13.5. The van der Waals surface area contributed by atoms with Crippen LogP contribution in [0.15, 0.2) is 59.7 Å². The second-order valence-corrected chi connectivity index (χ2v) is 8.75. The number of ether oxygens (including phenoxy) is 4. The maximum absolute atomic E-state index is 14.3. The van der Waals surface area contributed by atoms with E-state index in [9.17, 15) is 13.9 Å². The van der Waals surface area contributed by atoms with Gasteiger partial charge in [-0.1, -0.05) is 12.2 Å². The number of allylic oxidation sites excluding steroid dienone is 5. The Bertz CT molecular complexity index is 968. The molecule has 38 heavy (non-hydrogen) atoms. The first-order valence-electron chi connectivity index (χ1n) is 12.6. The van der Waals surface area contributed by atoms with Gasteiger partial charge in [-0.25, -0.2) is 18.7 Å². The van der Waals surface area contributed by atoms with Crippen LogP contribution < -0.4 is 10.1 Å². The normalized spacial score (nSPS) is 17.7. The predicted octanol–water partition coefficient (Wildman–Crippen LogP) is 4.65. The van der Waals surface area contributed by atoms with Crippen LogP contribution in [0, 0.1) is 0 Å². The Kier molecular flexibility index (Phi) is 13.0. The molecule has 1 atom stereocenters. The molecular formula is C27H40F2N4O5. The third-order valence-electron chi connectivity index (χ3n) is 5.94. The topological polar surface area (TPSA) is 98.2 Å². The molecule has 1 aromatic rings. The lowest BCUT2D eigenvalue weighted by atomic mass is 10.0. The van der Waals surface area contributed by atoms with E-state index in [1.807, 2.05) is 39.0 Å². The summed E-state index contributed by atoms with van der Waals surface area (Å²) in [6.07, 6.45) is 11.3. The van der Waals surface area contributed by atoms with E-state index < -0.39 is 18.3 Å². The van der Waals surface area contributed by atoms with Crippen molar-refractivity contribution >= 4 is 5.95 Å². The van der Waals surface area contributed by atoms with Crippen molar-refractivity contribution in [3.63, 3.8) is 0 Å². The highest BCUT2D eigenvalue weighted by Gasteiger charge is 2.32. The maximum atomic E-state index is 14.3. The number of rotatable bonds is 15. The van der Waals surface area contributed by atoms with Gasteiger partial charge in [0.05, 0.1) is 33.2 Å². The van der Waals surface area contributed by atoms with Crippen LogP contribution in [-0.2, 0) is 14.2 Å². The molecule has 0 spiro atoms. The highest BCUT2D eigenvalue weighted by Crippen LogP contribution is 2.25. The lowest BCUT2D eigenvalue weighted by molar-refractivity contribution is -0.221. The Morgan fingerprint density at radius 2 is 1.92 bits per heavy atom. The highest BCUT2D eigenvalue weighted by molar-refractivity contribution is 5.30. The monoisotopic (exact) mass is 538 g/mol. The second-order valence-electron chi connectivity index (χ2n) is 8.75. The Morgan fingerprint density at radius 3 is 2.50 bits per heavy atom. The van der Waals surface area contributed by atoms with Crippen molar-refractivity contribution in [2.75, 3.05) is 52.5 Å². The van der Waals surface area contributed by atoms with Gasteiger partial charge in [0, 0.05) is 56.8 Å². The summed E-state index contributed by atoms with van der Waals surface area (Å²) in [7, 11) is 2.60. The Labute approximate surface area is 223 Å². The second kappa shape index (κ2) is 15.9. The number of piperidine rings is 1. The molecule has 11 heteroatoms. The number of methoxy groups -OCH3 is 2. The van der Waals surface area contributed by atoms with E-state index in [4.69, 9.17) is 18.9 Å². The molecule has 1 saturated heterocycles. The molecule has 0 radical (unpaired) electrons. The molecule has 1 unspecified atom stereocenters. The molecule has 1 fully saturated rings. The van der Waals surface area contributed by atoms with Gasteiger partial charge in [-0.15, -0.1) is 0 Å². The highest BCUT2D eigenvalue weighted by atomic mass is 19.1. The van der Waals surface area contributed by atoms with Gasteiger partial charge in [0.2, 0.25) is 5.95 Å². The molecule has 0 aromatic carbocycles. The third-order valence-corrected chi connectivity index (χ3v) is 5.94. The molecular weight excluding hydrogens is 498 g/mol. The number of hydrogen-bond donors (Lipinski definition) is 2. The van der Waals surface area contributed by atoms with Crippen molar-refractivity contribution in [1.82, 2.24) is 14.9 Å². The Balaban J connectivity index is 1.80. The molecule has 0 amide bonds. The Hall–Kier alpha value is -3.18. The summed E-state index contributed by atoms with van der Waals surface area (Å²) in [4.78, 5) is 10.7. The number of nitrogens with zero attached hydrogens (tertiary/aromatic N) is 3. The molecule has 0 bridgehead atoms. The van der Waals surface area contributed by atoms with Crippen LogP contribution in [0.1, 0.15) is 40.0 Å². The summed E-state index contributed by atoms with van der Waals surface area (Å²) < 4.78 is 47.8. The van der Waals surface area contributed by atoms with Gasteiger partial charge in [-0.05, 0) is 26.8 Å². The fraction of sp³-hybridized carbons (Fsp3) is 0.556. The zero-order valence-electron chi connectivity index (χ0n) is 22.9. The average molecular weight is 539 g/mol. The van der Waals surface area contributed by atoms with E-state index in [1.54, 1.807) is 0 Å². The fourth-order valence-corrected chi connectivity index (χ4v) is 3.73. The van der Waals surface area contributed by atoms with Crippen LogP contribution in [0.25, 0.3) is 0 Å². The van der Waals surface area contributed by atoms with E-state index >= 15 is 0 Å². The standard InChI is InChI=1S/C27H40F2N4O5/c1-6-38-27(34)11-13-33(14-12-27)21(3)9-7-8-20(2)32-26-30-18-23(19-31-26)37-15-10-24(29)25(36-5)16-22(17-28)35-4/h7-9,16,18-20,34H,6,10-15,17H2,1-5H3,(H,30,31,32)/b8-7-,21-9+,22-16+,25-24-. The van der Waals surface area contributed by atoms with Crippen LogP contribution in [0.4, 0.5) is 14.7 Å². The average Bonchev–Trinajstić information content (AvgIpc) is 2.90. The third kappa shape index (κ3) is 10.3. The summed E-state index contributed by atoms with van der Waals surface area (Å²) in [6, 6.07) is -0.0312. The molecule has 1 aliphatic heterocycles. The van der Waals surface area contributed by atoms with Gasteiger partial charge < -0.3 is 34.3 Å². The lowest BCUT2D eigenvalue weighted by Gasteiger charge is -2.39.